The first-order valence-electron chi connectivity index (χ1n) is 6.51. The molecule has 0 spiro atoms. The van der Waals surface area contributed by atoms with E-state index in [9.17, 15) is 0 Å². The van der Waals surface area contributed by atoms with Gasteiger partial charge in [-0.3, -0.25) is 0 Å². The maximum Gasteiger partial charge on any atom is 0.222 e. The first kappa shape index (κ1) is 14.9. The van der Waals surface area contributed by atoms with Gasteiger partial charge in [0.05, 0.1) is 0 Å². The third-order valence-electron chi connectivity index (χ3n) is 2.41. The van der Waals surface area contributed by atoms with E-state index in [0.717, 1.165) is 31.6 Å². The molecule has 1 heterocycles. The second-order valence-corrected chi connectivity index (χ2v) is 5.05. The van der Waals surface area contributed by atoms with E-state index in [4.69, 9.17) is 0 Å². The zero-order valence-electron chi connectivity index (χ0n) is 11.9. The van der Waals surface area contributed by atoms with Crippen molar-refractivity contribution in [2.24, 2.45) is 0 Å². The lowest BCUT2D eigenvalue weighted by atomic mass is 10.3. The summed E-state index contributed by atoms with van der Waals surface area (Å²) in [6.07, 6.45) is 4.90. The van der Waals surface area contributed by atoms with Crippen LogP contribution in [0.4, 0.5) is 5.95 Å². The number of hydrogen-bond donors (Lipinski definition) is 2. The van der Waals surface area contributed by atoms with Crippen LogP contribution in [0.15, 0.2) is 12.4 Å². The Morgan fingerprint density at radius 3 is 2.44 bits per heavy atom. The van der Waals surface area contributed by atoms with Crippen LogP contribution in [0, 0.1) is 0 Å². The normalized spacial score (nSPS) is 11.2. The highest BCUT2D eigenvalue weighted by atomic mass is 15.1. The first-order valence-corrected chi connectivity index (χ1v) is 6.51. The summed E-state index contributed by atoms with van der Waals surface area (Å²) in [6, 6.07) is 0.361. The number of anilines is 1. The summed E-state index contributed by atoms with van der Waals surface area (Å²) in [7, 11) is 4.18. The number of nitrogens with zero attached hydrogens (tertiary/aromatic N) is 3. The lowest BCUT2D eigenvalue weighted by molar-refractivity contribution is 0.394. The molecule has 0 radical (unpaired) electrons. The molecular weight excluding hydrogens is 226 g/mol. The number of aromatic nitrogens is 2. The summed E-state index contributed by atoms with van der Waals surface area (Å²) in [5, 5.41) is 6.56. The molecule has 5 heteroatoms. The Morgan fingerprint density at radius 1 is 1.22 bits per heavy atom. The molecule has 18 heavy (non-hydrogen) atoms. The number of hydrogen-bond acceptors (Lipinski definition) is 5. The van der Waals surface area contributed by atoms with E-state index < -0.39 is 0 Å². The molecule has 2 N–H and O–H groups in total. The van der Waals surface area contributed by atoms with Crippen molar-refractivity contribution in [3.05, 3.63) is 18.0 Å². The average Bonchev–Trinajstić information content (AvgIpc) is 2.30. The summed E-state index contributed by atoms with van der Waals surface area (Å²) in [5.74, 6) is 0.696. The van der Waals surface area contributed by atoms with Crippen molar-refractivity contribution in [1.82, 2.24) is 20.2 Å². The van der Waals surface area contributed by atoms with Crippen molar-refractivity contribution >= 4 is 5.95 Å². The average molecular weight is 251 g/mol. The van der Waals surface area contributed by atoms with Crippen molar-refractivity contribution in [3.8, 4) is 0 Å². The second kappa shape index (κ2) is 8.00. The fourth-order valence-corrected chi connectivity index (χ4v) is 1.53. The van der Waals surface area contributed by atoms with Crippen LogP contribution >= 0.6 is 0 Å². The van der Waals surface area contributed by atoms with Crippen LogP contribution in [0.1, 0.15) is 25.8 Å². The van der Waals surface area contributed by atoms with Crippen LogP contribution in [0.5, 0.6) is 0 Å². The maximum absolute atomic E-state index is 4.28. The lowest BCUT2D eigenvalue weighted by Gasteiger charge is -2.10. The van der Waals surface area contributed by atoms with Crippen LogP contribution in [0.25, 0.3) is 0 Å². The molecule has 0 saturated carbocycles. The SMILES string of the molecule is CC(C)Nc1ncc(CNCCCN(C)C)cn1. The van der Waals surface area contributed by atoms with Gasteiger partial charge in [-0.05, 0) is 47.5 Å². The Labute approximate surface area is 110 Å². The van der Waals surface area contributed by atoms with Crippen LogP contribution in [0.3, 0.4) is 0 Å². The predicted molar refractivity (Wildman–Crippen MR) is 75.7 cm³/mol. The minimum Gasteiger partial charge on any atom is -0.352 e. The van der Waals surface area contributed by atoms with E-state index >= 15 is 0 Å². The molecular formula is C13H25N5. The fourth-order valence-electron chi connectivity index (χ4n) is 1.53. The Balaban J connectivity index is 2.22. The Bertz CT molecular complexity index is 321. The molecule has 0 amide bonds. The van der Waals surface area contributed by atoms with E-state index in [1.165, 1.54) is 0 Å². The zero-order chi connectivity index (χ0) is 13.4. The molecule has 0 aliphatic heterocycles. The van der Waals surface area contributed by atoms with Gasteiger partial charge in [-0.1, -0.05) is 0 Å². The largest absolute Gasteiger partial charge is 0.352 e. The Morgan fingerprint density at radius 2 is 1.89 bits per heavy atom. The molecule has 0 aliphatic rings. The van der Waals surface area contributed by atoms with E-state index in [0.29, 0.717) is 12.0 Å². The van der Waals surface area contributed by atoms with E-state index in [2.05, 4.69) is 53.4 Å². The molecule has 1 rings (SSSR count). The quantitative estimate of drug-likeness (QED) is 0.683. The highest BCUT2D eigenvalue weighted by molar-refractivity contribution is 5.25. The highest BCUT2D eigenvalue weighted by Crippen LogP contribution is 2.01. The smallest absolute Gasteiger partial charge is 0.222 e. The van der Waals surface area contributed by atoms with Gasteiger partial charge in [-0.2, -0.15) is 0 Å². The number of rotatable bonds is 8. The van der Waals surface area contributed by atoms with Crippen LogP contribution in [-0.2, 0) is 6.54 Å². The summed E-state index contributed by atoms with van der Waals surface area (Å²) < 4.78 is 0. The standard InChI is InChI=1S/C13H25N5/c1-11(2)17-13-15-9-12(10-16-13)8-14-6-5-7-18(3)4/h9-11,14H,5-8H2,1-4H3,(H,15,16,17). The first-order chi connectivity index (χ1) is 8.58. The zero-order valence-corrected chi connectivity index (χ0v) is 11.9. The van der Waals surface area contributed by atoms with Crippen LogP contribution in [0.2, 0.25) is 0 Å². The fraction of sp³-hybridized carbons (Fsp3) is 0.692. The Kier molecular flexibility index (Phi) is 6.60. The molecule has 0 saturated heterocycles. The van der Waals surface area contributed by atoms with Crippen LogP contribution in [-0.4, -0.2) is 48.1 Å². The van der Waals surface area contributed by atoms with E-state index in [-0.39, 0.29) is 0 Å². The molecule has 0 fully saturated rings. The van der Waals surface area contributed by atoms with E-state index in [1.807, 2.05) is 12.4 Å². The second-order valence-electron chi connectivity index (χ2n) is 5.05. The molecule has 5 nitrogen and oxygen atoms in total. The van der Waals surface area contributed by atoms with Gasteiger partial charge >= 0.3 is 0 Å². The summed E-state index contributed by atoms with van der Waals surface area (Å²) >= 11 is 0. The van der Waals surface area contributed by atoms with Gasteiger partial charge in [0.1, 0.15) is 0 Å². The van der Waals surface area contributed by atoms with Gasteiger partial charge in [0.2, 0.25) is 5.95 Å². The summed E-state index contributed by atoms with van der Waals surface area (Å²) in [4.78, 5) is 10.7. The molecule has 0 aromatic carbocycles. The minimum absolute atomic E-state index is 0.361. The van der Waals surface area contributed by atoms with Gasteiger partial charge < -0.3 is 15.5 Å². The predicted octanol–water partition coefficient (Wildman–Crippen LogP) is 1.34. The maximum atomic E-state index is 4.28. The Hall–Kier alpha value is -1.20. The van der Waals surface area contributed by atoms with Gasteiger partial charge in [-0.15, -0.1) is 0 Å². The van der Waals surface area contributed by atoms with Crippen molar-refractivity contribution in [2.45, 2.75) is 32.9 Å². The summed E-state index contributed by atoms with van der Waals surface area (Å²) in [6.45, 7) is 7.10. The van der Waals surface area contributed by atoms with Crippen molar-refractivity contribution in [2.75, 3.05) is 32.5 Å². The van der Waals surface area contributed by atoms with Crippen LogP contribution < -0.4 is 10.6 Å². The molecule has 1 aromatic heterocycles. The highest BCUT2D eigenvalue weighted by Gasteiger charge is 1.99. The topological polar surface area (TPSA) is 53.1 Å². The van der Waals surface area contributed by atoms with Gasteiger partial charge in [0, 0.05) is 30.5 Å². The van der Waals surface area contributed by atoms with Crippen molar-refractivity contribution in [3.63, 3.8) is 0 Å². The monoisotopic (exact) mass is 251 g/mol. The molecule has 0 atom stereocenters. The third-order valence-corrected chi connectivity index (χ3v) is 2.41. The summed E-state index contributed by atoms with van der Waals surface area (Å²) in [5.41, 5.74) is 1.12. The molecule has 1 aromatic rings. The van der Waals surface area contributed by atoms with E-state index in [1.54, 1.807) is 0 Å². The van der Waals surface area contributed by atoms with Gasteiger partial charge in [0.15, 0.2) is 0 Å². The molecule has 102 valence electrons. The van der Waals surface area contributed by atoms with Gasteiger partial charge in [-0.25, -0.2) is 9.97 Å². The molecule has 0 bridgehead atoms. The molecule has 0 unspecified atom stereocenters. The van der Waals surface area contributed by atoms with Gasteiger partial charge in [0.25, 0.3) is 0 Å². The minimum atomic E-state index is 0.361. The van der Waals surface area contributed by atoms with Crippen molar-refractivity contribution in [1.29, 1.82) is 0 Å². The third kappa shape index (κ3) is 6.51. The molecule has 0 aliphatic carbocycles. The number of nitrogens with one attached hydrogen (secondary N) is 2. The van der Waals surface area contributed by atoms with Crippen molar-refractivity contribution < 1.29 is 0 Å². The lowest BCUT2D eigenvalue weighted by Crippen LogP contribution is -2.21.